The molecule has 0 aromatic carbocycles. The minimum Gasteiger partial charge on any atom is -0.282 e. The van der Waals surface area contributed by atoms with Gasteiger partial charge in [0.15, 0.2) is 0 Å². The fourth-order valence-electron chi connectivity index (χ4n) is 0.782. The zero-order valence-electron chi connectivity index (χ0n) is 7.89. The average Bonchev–Trinajstić information content (AvgIpc) is 2.58. The lowest BCUT2D eigenvalue weighted by atomic mass is 10.7. The number of carbonyl (C=O) groups excluding carboxylic acids is 1. The number of hydrogen-bond donors (Lipinski definition) is 0. The highest BCUT2D eigenvalue weighted by Gasteiger charge is 2.13. The van der Waals surface area contributed by atoms with Crippen LogP contribution in [-0.4, -0.2) is 21.2 Å². The van der Waals surface area contributed by atoms with Crippen LogP contribution in [0.4, 0.5) is 0 Å². The number of thioether (sulfide) groups is 4. The lowest BCUT2D eigenvalue weighted by molar-refractivity contribution is -0.107. The largest absolute Gasteiger partial charge is 0.282 e. The average molecular weight is 264 g/mol. The minimum atomic E-state index is 0.0707. The van der Waals surface area contributed by atoms with Crippen molar-refractivity contribution in [2.75, 3.05) is 11.5 Å². The van der Waals surface area contributed by atoms with Gasteiger partial charge in [-0.25, -0.2) is 0 Å². The molecule has 0 saturated heterocycles. The van der Waals surface area contributed by atoms with E-state index in [0.29, 0.717) is 4.58 Å². The van der Waals surface area contributed by atoms with Crippen molar-refractivity contribution in [1.29, 1.82) is 0 Å². The number of rotatable bonds is 5. The van der Waals surface area contributed by atoms with E-state index in [1.54, 1.807) is 0 Å². The lowest BCUT2D eigenvalue weighted by Crippen LogP contribution is -1.90. The maximum absolute atomic E-state index is 10.9. The van der Waals surface area contributed by atoms with Crippen LogP contribution >= 0.6 is 47.0 Å². The highest BCUT2D eigenvalue weighted by atomic mass is 32.2. The Morgan fingerprint density at radius 2 is 2.50 bits per heavy atom. The molecule has 0 spiro atoms. The van der Waals surface area contributed by atoms with Crippen molar-refractivity contribution >= 4 is 52.2 Å². The molecule has 0 aromatic heterocycles. The number of hydrogen-bond acceptors (Lipinski definition) is 5. The molecular formula is C9H12OS4. The topological polar surface area (TPSA) is 17.1 Å². The van der Waals surface area contributed by atoms with E-state index in [1.165, 1.54) is 22.1 Å². The van der Waals surface area contributed by atoms with Crippen LogP contribution in [0.1, 0.15) is 6.92 Å². The van der Waals surface area contributed by atoms with Crippen molar-refractivity contribution in [1.82, 2.24) is 0 Å². The van der Waals surface area contributed by atoms with Crippen LogP contribution < -0.4 is 0 Å². The Morgan fingerprint density at radius 1 is 1.71 bits per heavy atom. The number of carbonyl (C=O) groups is 1. The molecule has 0 aromatic rings. The van der Waals surface area contributed by atoms with Crippen molar-refractivity contribution in [3.63, 3.8) is 0 Å². The van der Waals surface area contributed by atoms with Gasteiger partial charge in [-0.2, -0.15) is 0 Å². The molecule has 0 saturated carbocycles. The van der Waals surface area contributed by atoms with Gasteiger partial charge in [-0.3, -0.25) is 4.79 Å². The van der Waals surface area contributed by atoms with E-state index in [4.69, 9.17) is 0 Å². The van der Waals surface area contributed by atoms with E-state index in [0.717, 1.165) is 11.5 Å². The minimum absolute atomic E-state index is 0.0707. The van der Waals surface area contributed by atoms with Gasteiger partial charge in [-0.1, -0.05) is 18.3 Å². The first-order chi connectivity index (χ1) is 6.72. The highest BCUT2D eigenvalue weighted by Crippen LogP contribution is 2.45. The molecule has 0 radical (unpaired) electrons. The van der Waals surface area contributed by atoms with Gasteiger partial charge in [0.1, 0.15) is 0 Å². The Bertz CT molecular complexity index is 249. The Morgan fingerprint density at radius 3 is 3.07 bits per heavy atom. The van der Waals surface area contributed by atoms with Gasteiger partial charge in [0.25, 0.3) is 0 Å². The molecule has 1 heterocycles. The van der Waals surface area contributed by atoms with Crippen LogP contribution in [0, 0.1) is 0 Å². The maximum atomic E-state index is 10.9. The fraction of sp³-hybridized carbons (Fsp3) is 0.444. The van der Waals surface area contributed by atoms with Crippen LogP contribution in [0.2, 0.25) is 0 Å². The van der Waals surface area contributed by atoms with Gasteiger partial charge >= 0.3 is 0 Å². The van der Waals surface area contributed by atoms with Gasteiger partial charge in [-0.05, 0) is 18.4 Å². The molecule has 1 unspecified atom stereocenters. The van der Waals surface area contributed by atoms with Crippen molar-refractivity contribution in [3.8, 4) is 0 Å². The molecule has 0 fully saturated rings. The summed E-state index contributed by atoms with van der Waals surface area (Å²) in [5, 5.41) is 2.28. The van der Waals surface area contributed by atoms with E-state index >= 15 is 0 Å². The van der Waals surface area contributed by atoms with Crippen molar-refractivity contribution in [2.45, 2.75) is 11.5 Å². The maximum Gasteiger partial charge on any atom is 0.211 e. The monoisotopic (exact) mass is 264 g/mol. The van der Waals surface area contributed by atoms with Crippen LogP contribution in [-0.2, 0) is 4.79 Å². The van der Waals surface area contributed by atoms with Gasteiger partial charge in [0.2, 0.25) is 5.12 Å². The molecule has 1 aliphatic heterocycles. The molecule has 1 rings (SSSR count). The second kappa shape index (κ2) is 6.93. The predicted molar refractivity (Wildman–Crippen MR) is 72.8 cm³/mol. The predicted octanol–water partition coefficient (Wildman–Crippen LogP) is 3.79. The molecule has 0 bridgehead atoms. The van der Waals surface area contributed by atoms with Gasteiger partial charge in [0, 0.05) is 15.7 Å². The summed E-state index contributed by atoms with van der Waals surface area (Å²) in [5.41, 5.74) is 0. The summed E-state index contributed by atoms with van der Waals surface area (Å²) >= 11 is 6.94. The van der Waals surface area contributed by atoms with Crippen LogP contribution in [0.15, 0.2) is 22.3 Å². The first-order valence-corrected chi connectivity index (χ1v) is 7.96. The summed E-state index contributed by atoms with van der Waals surface area (Å²) < 4.78 is 2.04. The van der Waals surface area contributed by atoms with Crippen LogP contribution in [0.5, 0.6) is 0 Å². The summed E-state index contributed by atoms with van der Waals surface area (Å²) in [7, 11) is 0. The Kier molecular flexibility index (Phi) is 6.25. The van der Waals surface area contributed by atoms with Crippen LogP contribution in [0.3, 0.4) is 0 Å². The zero-order valence-corrected chi connectivity index (χ0v) is 11.2. The van der Waals surface area contributed by atoms with E-state index < -0.39 is 0 Å². The van der Waals surface area contributed by atoms with E-state index in [-0.39, 0.29) is 5.12 Å². The highest BCUT2D eigenvalue weighted by molar-refractivity contribution is 8.31. The molecule has 0 aliphatic carbocycles. The molecular weight excluding hydrogens is 252 g/mol. The Hall–Kier alpha value is 0.550. The van der Waals surface area contributed by atoms with E-state index in [9.17, 15) is 4.79 Å². The SMILES string of the molecule is C=CC(=O)SCCSC1=CSC(C)S1. The summed E-state index contributed by atoms with van der Waals surface area (Å²) in [6.45, 7) is 5.63. The summed E-state index contributed by atoms with van der Waals surface area (Å²) in [6, 6.07) is 0. The van der Waals surface area contributed by atoms with Crippen molar-refractivity contribution in [2.24, 2.45) is 0 Å². The van der Waals surface area contributed by atoms with Crippen molar-refractivity contribution < 1.29 is 4.79 Å². The third-order valence-electron chi connectivity index (χ3n) is 1.38. The van der Waals surface area contributed by atoms with Crippen LogP contribution in [0.25, 0.3) is 0 Å². The second-order valence-electron chi connectivity index (χ2n) is 2.48. The van der Waals surface area contributed by atoms with E-state index in [1.807, 2.05) is 35.3 Å². The Labute approximate surface area is 102 Å². The molecule has 1 atom stereocenters. The molecule has 14 heavy (non-hydrogen) atoms. The lowest BCUT2D eigenvalue weighted by Gasteiger charge is -2.01. The molecule has 1 nitrogen and oxygen atoms in total. The Balaban J connectivity index is 2.04. The van der Waals surface area contributed by atoms with Gasteiger partial charge < -0.3 is 0 Å². The molecule has 1 aliphatic rings. The molecule has 0 N–H and O–H groups in total. The first kappa shape index (κ1) is 12.6. The zero-order chi connectivity index (χ0) is 10.4. The molecule has 5 heteroatoms. The van der Waals surface area contributed by atoms with Gasteiger partial charge in [0.05, 0.1) is 4.58 Å². The van der Waals surface area contributed by atoms with Crippen molar-refractivity contribution in [3.05, 3.63) is 22.3 Å². The smallest absolute Gasteiger partial charge is 0.211 e. The summed E-state index contributed by atoms with van der Waals surface area (Å²) in [4.78, 5) is 10.9. The third-order valence-corrected chi connectivity index (χ3v) is 6.30. The first-order valence-electron chi connectivity index (χ1n) is 4.16. The summed E-state index contributed by atoms with van der Waals surface area (Å²) in [5.74, 6) is 1.86. The normalized spacial score (nSPS) is 20.6. The standard InChI is InChI=1S/C9H12OS4/c1-3-8(10)11-4-5-12-9-6-13-7(2)14-9/h3,6-7H,1,4-5H2,2H3. The molecule has 0 amide bonds. The summed E-state index contributed by atoms with van der Waals surface area (Å²) in [6.07, 6.45) is 1.37. The quantitative estimate of drug-likeness (QED) is 0.553. The van der Waals surface area contributed by atoms with Gasteiger partial charge in [-0.15, -0.1) is 35.3 Å². The molecule has 78 valence electrons. The second-order valence-corrected chi connectivity index (χ2v) is 7.87. The van der Waals surface area contributed by atoms with E-state index in [2.05, 4.69) is 18.9 Å². The third kappa shape index (κ3) is 4.87. The fourth-order valence-corrected chi connectivity index (χ4v) is 5.26.